The minimum absolute atomic E-state index is 0.0968. The van der Waals surface area contributed by atoms with E-state index in [-0.39, 0.29) is 12.1 Å². The van der Waals surface area contributed by atoms with Gasteiger partial charge in [0, 0.05) is 24.4 Å². The molecule has 1 N–H and O–H groups in total. The summed E-state index contributed by atoms with van der Waals surface area (Å²) in [6, 6.07) is 0.334. The van der Waals surface area contributed by atoms with Crippen LogP contribution in [0.2, 0.25) is 0 Å². The topological polar surface area (TPSA) is 32.3 Å². The van der Waals surface area contributed by atoms with E-state index in [1.807, 2.05) is 30.5 Å². The molecule has 82 valence electrons. The minimum atomic E-state index is 0.0968. The summed E-state index contributed by atoms with van der Waals surface area (Å²) in [6.07, 6.45) is 4.41. The number of hydrogen-bond donors (Lipinski definition) is 1. The molecule has 1 heterocycles. The molecule has 1 saturated heterocycles. The van der Waals surface area contributed by atoms with Crippen molar-refractivity contribution in [2.45, 2.75) is 38.0 Å². The van der Waals surface area contributed by atoms with Gasteiger partial charge in [0.15, 0.2) is 0 Å². The molecule has 0 aromatic heterocycles. The molecule has 0 spiro atoms. The number of hydrogen-bond acceptors (Lipinski definition) is 2. The molecule has 2 amide bonds. The molecule has 1 fully saturated rings. The van der Waals surface area contributed by atoms with Gasteiger partial charge in [-0.25, -0.2) is 4.79 Å². The number of piperidine rings is 1. The molecule has 4 heteroatoms. The highest BCUT2D eigenvalue weighted by molar-refractivity contribution is 7.99. The van der Waals surface area contributed by atoms with E-state index >= 15 is 0 Å². The normalized spacial score (nSPS) is 18.7. The van der Waals surface area contributed by atoms with Crippen molar-refractivity contribution in [2.75, 3.05) is 19.3 Å². The molecule has 0 aromatic carbocycles. The Hall–Kier alpha value is -0.380. The van der Waals surface area contributed by atoms with Gasteiger partial charge in [-0.05, 0) is 32.9 Å². The van der Waals surface area contributed by atoms with Crippen molar-refractivity contribution >= 4 is 17.8 Å². The van der Waals surface area contributed by atoms with Gasteiger partial charge in [-0.2, -0.15) is 11.8 Å². The molecule has 1 rings (SSSR count). The lowest BCUT2D eigenvalue weighted by Gasteiger charge is -2.31. The first kappa shape index (κ1) is 11.7. The Kier molecular flexibility index (Phi) is 4.58. The standard InChI is InChI=1S/C10H20N2OS/c1-8(2)11-10(13)12-6-4-9(14-3)5-7-12/h8-9H,4-7H2,1-3H3,(H,11,13). The predicted molar refractivity (Wildman–Crippen MR) is 61.8 cm³/mol. The molecule has 14 heavy (non-hydrogen) atoms. The van der Waals surface area contributed by atoms with Gasteiger partial charge in [-0.1, -0.05) is 0 Å². The Morgan fingerprint density at radius 3 is 2.43 bits per heavy atom. The van der Waals surface area contributed by atoms with Gasteiger partial charge in [-0.15, -0.1) is 0 Å². The average molecular weight is 216 g/mol. The summed E-state index contributed by atoms with van der Waals surface area (Å²) < 4.78 is 0. The number of urea groups is 1. The van der Waals surface area contributed by atoms with Crippen LogP contribution in [0, 0.1) is 0 Å². The zero-order chi connectivity index (χ0) is 10.6. The summed E-state index contributed by atoms with van der Waals surface area (Å²) in [5, 5.41) is 3.67. The monoisotopic (exact) mass is 216 g/mol. The third-order valence-electron chi connectivity index (χ3n) is 2.47. The van der Waals surface area contributed by atoms with Crippen molar-refractivity contribution < 1.29 is 4.79 Å². The molecule has 3 nitrogen and oxygen atoms in total. The third-order valence-corrected chi connectivity index (χ3v) is 3.61. The second-order valence-electron chi connectivity index (χ2n) is 4.03. The summed E-state index contributed by atoms with van der Waals surface area (Å²) in [4.78, 5) is 13.5. The first-order chi connectivity index (χ1) is 6.63. The van der Waals surface area contributed by atoms with Crippen LogP contribution in [0.25, 0.3) is 0 Å². The number of amides is 2. The molecule has 0 aliphatic carbocycles. The maximum atomic E-state index is 11.6. The quantitative estimate of drug-likeness (QED) is 0.765. The molecule has 0 saturated carbocycles. The summed E-state index contributed by atoms with van der Waals surface area (Å²) in [7, 11) is 0. The molecule has 0 aromatic rings. The molecule has 0 atom stereocenters. The molecule has 0 unspecified atom stereocenters. The number of nitrogens with one attached hydrogen (secondary N) is 1. The van der Waals surface area contributed by atoms with Crippen molar-refractivity contribution in [1.29, 1.82) is 0 Å². The van der Waals surface area contributed by atoms with Crippen LogP contribution in [-0.4, -0.2) is 41.6 Å². The van der Waals surface area contributed by atoms with E-state index in [0.29, 0.717) is 0 Å². The summed E-state index contributed by atoms with van der Waals surface area (Å²) in [5.41, 5.74) is 0. The molecule has 0 radical (unpaired) electrons. The Morgan fingerprint density at radius 1 is 1.43 bits per heavy atom. The van der Waals surface area contributed by atoms with Crippen LogP contribution in [0.5, 0.6) is 0 Å². The predicted octanol–water partition coefficient (Wildman–Crippen LogP) is 1.93. The lowest BCUT2D eigenvalue weighted by molar-refractivity contribution is 0.185. The Bertz CT molecular complexity index is 189. The van der Waals surface area contributed by atoms with Crippen molar-refractivity contribution in [3.05, 3.63) is 0 Å². The van der Waals surface area contributed by atoms with Gasteiger partial charge in [0.05, 0.1) is 0 Å². The van der Waals surface area contributed by atoms with Gasteiger partial charge in [-0.3, -0.25) is 0 Å². The highest BCUT2D eigenvalue weighted by Gasteiger charge is 2.21. The Balaban J connectivity index is 2.30. The Morgan fingerprint density at radius 2 is 2.00 bits per heavy atom. The van der Waals surface area contributed by atoms with Gasteiger partial charge in [0.2, 0.25) is 0 Å². The van der Waals surface area contributed by atoms with Crippen LogP contribution < -0.4 is 5.32 Å². The first-order valence-corrected chi connectivity index (χ1v) is 6.50. The van der Waals surface area contributed by atoms with E-state index in [2.05, 4.69) is 11.6 Å². The number of nitrogens with zero attached hydrogens (tertiary/aromatic N) is 1. The summed E-state index contributed by atoms with van der Waals surface area (Å²) >= 11 is 1.92. The average Bonchev–Trinajstić information content (AvgIpc) is 2.17. The minimum Gasteiger partial charge on any atom is -0.336 e. The molecular weight excluding hydrogens is 196 g/mol. The van der Waals surface area contributed by atoms with Crippen molar-refractivity contribution in [2.24, 2.45) is 0 Å². The fourth-order valence-electron chi connectivity index (χ4n) is 1.63. The van der Waals surface area contributed by atoms with Crippen molar-refractivity contribution in [1.82, 2.24) is 10.2 Å². The van der Waals surface area contributed by atoms with Crippen LogP contribution in [0.4, 0.5) is 4.79 Å². The van der Waals surface area contributed by atoms with E-state index < -0.39 is 0 Å². The zero-order valence-corrected chi connectivity index (χ0v) is 10.1. The lowest BCUT2D eigenvalue weighted by Crippen LogP contribution is -2.46. The summed E-state index contributed by atoms with van der Waals surface area (Å²) in [6.45, 7) is 5.80. The second-order valence-corrected chi connectivity index (χ2v) is 5.16. The van der Waals surface area contributed by atoms with Crippen LogP contribution in [0.1, 0.15) is 26.7 Å². The molecule has 0 bridgehead atoms. The largest absolute Gasteiger partial charge is 0.336 e. The number of thioether (sulfide) groups is 1. The molecule has 1 aliphatic heterocycles. The van der Waals surface area contributed by atoms with Gasteiger partial charge in [0.25, 0.3) is 0 Å². The fourth-order valence-corrected chi connectivity index (χ4v) is 2.32. The third kappa shape index (κ3) is 3.40. The molecule has 1 aliphatic rings. The zero-order valence-electron chi connectivity index (χ0n) is 9.25. The summed E-state index contributed by atoms with van der Waals surface area (Å²) in [5.74, 6) is 0. The van der Waals surface area contributed by atoms with Crippen LogP contribution >= 0.6 is 11.8 Å². The highest BCUT2D eigenvalue weighted by atomic mass is 32.2. The van der Waals surface area contributed by atoms with Gasteiger partial charge >= 0.3 is 6.03 Å². The van der Waals surface area contributed by atoms with E-state index in [4.69, 9.17) is 0 Å². The van der Waals surface area contributed by atoms with E-state index in [0.717, 1.165) is 31.2 Å². The van der Waals surface area contributed by atoms with Crippen LogP contribution in [0.15, 0.2) is 0 Å². The first-order valence-electron chi connectivity index (χ1n) is 5.21. The SMILES string of the molecule is CSC1CCN(C(=O)NC(C)C)CC1. The van der Waals surface area contributed by atoms with E-state index in [1.165, 1.54) is 0 Å². The maximum absolute atomic E-state index is 11.6. The van der Waals surface area contributed by atoms with Gasteiger partial charge in [0.1, 0.15) is 0 Å². The smallest absolute Gasteiger partial charge is 0.317 e. The maximum Gasteiger partial charge on any atom is 0.317 e. The number of carbonyl (C=O) groups is 1. The molecular formula is C10H20N2OS. The van der Waals surface area contributed by atoms with Crippen LogP contribution in [0.3, 0.4) is 0 Å². The Labute approximate surface area is 90.6 Å². The lowest BCUT2D eigenvalue weighted by atomic mass is 10.1. The van der Waals surface area contributed by atoms with Crippen molar-refractivity contribution in [3.63, 3.8) is 0 Å². The fraction of sp³-hybridized carbons (Fsp3) is 0.900. The van der Waals surface area contributed by atoms with Crippen LogP contribution in [-0.2, 0) is 0 Å². The second kappa shape index (κ2) is 5.49. The number of carbonyl (C=O) groups excluding carboxylic acids is 1. The van der Waals surface area contributed by atoms with E-state index in [1.54, 1.807) is 0 Å². The number of likely N-dealkylation sites (tertiary alicyclic amines) is 1. The highest BCUT2D eigenvalue weighted by Crippen LogP contribution is 2.20. The van der Waals surface area contributed by atoms with Crippen molar-refractivity contribution in [3.8, 4) is 0 Å². The van der Waals surface area contributed by atoms with Gasteiger partial charge < -0.3 is 10.2 Å². The van der Waals surface area contributed by atoms with E-state index in [9.17, 15) is 4.79 Å². The number of rotatable bonds is 2.